The molecule has 8 heteroatoms. The number of rotatable bonds is 4. The third kappa shape index (κ3) is 3.38. The number of fused-ring (bicyclic) bond motifs is 1. The van der Waals surface area contributed by atoms with Crippen molar-refractivity contribution in [2.45, 2.75) is 30.6 Å². The first-order valence-corrected chi connectivity index (χ1v) is 10.3. The van der Waals surface area contributed by atoms with Gasteiger partial charge >= 0.3 is 0 Å². The molecule has 0 saturated carbocycles. The van der Waals surface area contributed by atoms with Crippen molar-refractivity contribution < 1.29 is 22.4 Å². The summed E-state index contributed by atoms with van der Waals surface area (Å²) in [6, 6.07) is 11.5. The highest BCUT2D eigenvalue weighted by Crippen LogP contribution is 2.34. The van der Waals surface area contributed by atoms with Crippen LogP contribution >= 0.6 is 0 Å². The summed E-state index contributed by atoms with van der Waals surface area (Å²) < 4.78 is 33.6. The van der Waals surface area contributed by atoms with Crippen LogP contribution in [0.5, 0.6) is 0 Å². The minimum atomic E-state index is -3.81. The molecule has 1 aliphatic rings. The van der Waals surface area contributed by atoms with Gasteiger partial charge in [0.25, 0.3) is 10.0 Å². The van der Waals surface area contributed by atoms with Gasteiger partial charge in [0, 0.05) is 23.1 Å². The first kappa shape index (κ1) is 18.2. The molecule has 2 heterocycles. The molecule has 1 saturated heterocycles. The summed E-state index contributed by atoms with van der Waals surface area (Å²) in [4.78, 5) is 23.6. The minimum absolute atomic E-state index is 0.0653. The Kier molecular flexibility index (Phi) is 4.43. The highest BCUT2D eigenvalue weighted by atomic mass is 32.2. The van der Waals surface area contributed by atoms with Crippen molar-refractivity contribution >= 4 is 38.5 Å². The van der Waals surface area contributed by atoms with Gasteiger partial charge in [-0.25, -0.2) is 8.42 Å². The Morgan fingerprint density at radius 1 is 1.11 bits per heavy atom. The highest BCUT2D eigenvalue weighted by Gasteiger charge is 2.31. The van der Waals surface area contributed by atoms with Crippen LogP contribution in [0.2, 0.25) is 0 Å². The van der Waals surface area contributed by atoms with Crippen molar-refractivity contribution in [2.24, 2.45) is 0 Å². The maximum absolute atomic E-state index is 12.8. The van der Waals surface area contributed by atoms with Gasteiger partial charge < -0.3 is 4.42 Å². The van der Waals surface area contributed by atoms with Crippen LogP contribution in [0.1, 0.15) is 29.9 Å². The lowest BCUT2D eigenvalue weighted by atomic mass is 9.90. The fraction of sp³-hybridized carbons (Fsp3) is 0.200. The Hall–Kier alpha value is -3.13. The van der Waals surface area contributed by atoms with E-state index in [9.17, 15) is 18.0 Å². The van der Waals surface area contributed by atoms with Crippen molar-refractivity contribution in [3.8, 4) is 0 Å². The van der Waals surface area contributed by atoms with Crippen LogP contribution in [-0.4, -0.2) is 20.2 Å². The van der Waals surface area contributed by atoms with E-state index in [0.717, 1.165) is 5.56 Å². The average molecular weight is 398 g/mol. The maximum Gasteiger partial charge on any atom is 0.261 e. The first-order chi connectivity index (χ1) is 13.3. The molecule has 1 aliphatic heterocycles. The number of carbonyl (C=O) groups excluding carboxylic acids is 2. The molecule has 1 unspecified atom stereocenters. The number of aryl methyl sites for hydroxylation is 1. The maximum atomic E-state index is 12.8. The van der Waals surface area contributed by atoms with Crippen LogP contribution in [0.4, 0.5) is 5.69 Å². The van der Waals surface area contributed by atoms with Crippen LogP contribution in [0.15, 0.2) is 58.0 Å². The molecule has 1 aromatic heterocycles. The predicted octanol–water partition coefficient (Wildman–Crippen LogP) is 3.06. The molecule has 1 fully saturated rings. The molecule has 0 spiro atoms. The quantitative estimate of drug-likeness (QED) is 0.657. The van der Waals surface area contributed by atoms with Crippen LogP contribution in [0, 0.1) is 6.92 Å². The second-order valence-corrected chi connectivity index (χ2v) is 8.51. The number of hydrogen-bond donors (Lipinski definition) is 2. The number of anilines is 1. The molecular weight excluding hydrogens is 380 g/mol. The average Bonchev–Trinajstić information content (AvgIpc) is 3.06. The van der Waals surface area contributed by atoms with E-state index in [1.54, 1.807) is 18.2 Å². The number of carbonyl (C=O) groups is 2. The van der Waals surface area contributed by atoms with Gasteiger partial charge in [-0.1, -0.05) is 17.7 Å². The molecule has 2 aromatic carbocycles. The van der Waals surface area contributed by atoms with E-state index < -0.39 is 21.8 Å². The number of hydrogen-bond acceptors (Lipinski definition) is 5. The summed E-state index contributed by atoms with van der Waals surface area (Å²) in [6.45, 7) is 1.92. The predicted molar refractivity (Wildman–Crippen MR) is 103 cm³/mol. The third-order valence-electron chi connectivity index (χ3n) is 4.80. The third-order valence-corrected chi connectivity index (χ3v) is 6.18. The summed E-state index contributed by atoms with van der Waals surface area (Å²) in [5.74, 6) is -1.26. The second kappa shape index (κ2) is 6.79. The standard InChI is InChI=1S/C20H18N2O5S/c1-12-2-4-13(5-3-12)22-28(25,26)14-6-8-18-16(10-14)17(11-27-18)15-7-9-19(23)21-20(15)24/h2-6,8,10-11,15,22H,7,9H2,1H3,(H,21,23,24). The number of piperidine rings is 1. The summed E-state index contributed by atoms with van der Waals surface area (Å²) >= 11 is 0. The van der Waals surface area contributed by atoms with E-state index in [1.807, 2.05) is 19.1 Å². The zero-order valence-electron chi connectivity index (χ0n) is 15.1. The van der Waals surface area contributed by atoms with Crippen molar-refractivity contribution in [3.63, 3.8) is 0 Å². The molecule has 0 aliphatic carbocycles. The molecule has 4 rings (SSSR count). The van der Waals surface area contributed by atoms with Gasteiger partial charge in [-0.3, -0.25) is 19.6 Å². The summed E-state index contributed by atoms with van der Waals surface area (Å²) in [5, 5.41) is 2.86. The number of sulfonamides is 1. The minimum Gasteiger partial charge on any atom is -0.464 e. The fourth-order valence-corrected chi connectivity index (χ4v) is 4.38. The molecule has 28 heavy (non-hydrogen) atoms. The lowest BCUT2D eigenvalue weighted by Crippen LogP contribution is -2.39. The lowest BCUT2D eigenvalue weighted by molar-refractivity contribution is -0.134. The van der Waals surface area contributed by atoms with Crippen LogP contribution in [0.3, 0.4) is 0 Å². The highest BCUT2D eigenvalue weighted by molar-refractivity contribution is 7.92. The number of furan rings is 1. The number of benzene rings is 2. The zero-order valence-corrected chi connectivity index (χ0v) is 15.9. The molecule has 144 valence electrons. The van der Waals surface area contributed by atoms with Gasteiger partial charge in [0.1, 0.15) is 5.58 Å². The van der Waals surface area contributed by atoms with Gasteiger partial charge in [0.05, 0.1) is 17.1 Å². The van der Waals surface area contributed by atoms with Crippen molar-refractivity contribution in [2.75, 3.05) is 4.72 Å². The smallest absolute Gasteiger partial charge is 0.261 e. The van der Waals surface area contributed by atoms with Gasteiger partial charge in [-0.15, -0.1) is 0 Å². The largest absolute Gasteiger partial charge is 0.464 e. The SMILES string of the molecule is Cc1ccc(NS(=O)(=O)c2ccc3occ(C4CCC(=O)NC4=O)c3c2)cc1. The second-order valence-electron chi connectivity index (χ2n) is 6.82. The van der Waals surface area contributed by atoms with E-state index in [2.05, 4.69) is 10.0 Å². The summed E-state index contributed by atoms with van der Waals surface area (Å²) in [5.41, 5.74) is 2.54. The lowest BCUT2D eigenvalue weighted by Gasteiger charge is -2.20. The Morgan fingerprint density at radius 3 is 2.57 bits per heavy atom. The van der Waals surface area contributed by atoms with Gasteiger partial charge in [0.2, 0.25) is 11.8 Å². The topological polar surface area (TPSA) is 105 Å². The molecule has 7 nitrogen and oxygen atoms in total. The molecule has 2 amide bonds. The number of amides is 2. The Labute approximate surface area is 161 Å². The number of nitrogens with one attached hydrogen (secondary N) is 2. The Balaban J connectivity index is 1.70. The molecule has 2 N–H and O–H groups in total. The first-order valence-electron chi connectivity index (χ1n) is 8.78. The van der Waals surface area contributed by atoms with E-state index in [0.29, 0.717) is 28.6 Å². The van der Waals surface area contributed by atoms with E-state index in [4.69, 9.17) is 4.42 Å². The van der Waals surface area contributed by atoms with Gasteiger partial charge in [-0.05, 0) is 43.7 Å². The fourth-order valence-electron chi connectivity index (χ4n) is 3.29. The van der Waals surface area contributed by atoms with E-state index >= 15 is 0 Å². The molecule has 0 radical (unpaired) electrons. The van der Waals surface area contributed by atoms with Gasteiger partial charge in [-0.2, -0.15) is 0 Å². The molecule has 3 aromatic rings. The van der Waals surface area contributed by atoms with E-state index in [1.165, 1.54) is 18.4 Å². The van der Waals surface area contributed by atoms with Crippen LogP contribution < -0.4 is 10.0 Å². The van der Waals surface area contributed by atoms with Crippen molar-refractivity contribution in [1.82, 2.24) is 5.32 Å². The summed E-state index contributed by atoms with van der Waals surface area (Å²) in [7, 11) is -3.81. The Bertz CT molecular complexity index is 1180. The van der Waals surface area contributed by atoms with Crippen molar-refractivity contribution in [3.05, 3.63) is 59.9 Å². The molecule has 0 bridgehead atoms. The van der Waals surface area contributed by atoms with Crippen molar-refractivity contribution in [1.29, 1.82) is 0 Å². The summed E-state index contributed by atoms with van der Waals surface area (Å²) in [6.07, 6.45) is 2.04. The zero-order chi connectivity index (χ0) is 19.9. The van der Waals surface area contributed by atoms with E-state index in [-0.39, 0.29) is 17.2 Å². The number of imide groups is 1. The van der Waals surface area contributed by atoms with Gasteiger partial charge in [0.15, 0.2) is 0 Å². The normalized spacial score (nSPS) is 17.5. The van der Waals surface area contributed by atoms with Crippen LogP contribution in [0.25, 0.3) is 11.0 Å². The molecule has 1 atom stereocenters. The Morgan fingerprint density at radius 2 is 1.86 bits per heavy atom. The molecular formula is C20H18N2O5S. The van der Waals surface area contributed by atoms with Crippen LogP contribution in [-0.2, 0) is 19.6 Å². The monoisotopic (exact) mass is 398 g/mol.